The van der Waals surface area contributed by atoms with Crippen LogP contribution in [0.1, 0.15) is 12.0 Å². The van der Waals surface area contributed by atoms with E-state index in [4.69, 9.17) is 4.42 Å². The lowest BCUT2D eigenvalue weighted by Gasteiger charge is -2.08. The fourth-order valence-corrected chi connectivity index (χ4v) is 3.86. The van der Waals surface area contributed by atoms with Crippen molar-refractivity contribution < 1.29 is 17.6 Å². The Kier molecular flexibility index (Phi) is 4.90. The second-order valence-electron chi connectivity index (χ2n) is 5.89. The number of hydrogen-bond donors (Lipinski definition) is 1. The van der Waals surface area contributed by atoms with Crippen molar-refractivity contribution >= 4 is 32.4 Å². The third-order valence-corrected chi connectivity index (χ3v) is 5.67. The van der Waals surface area contributed by atoms with Crippen LogP contribution in [-0.4, -0.2) is 20.1 Å². The molecule has 1 N–H and O–H groups in total. The molecular formula is C19H17NO5S. The fraction of sp³-hybridized carbons (Fsp3) is 0.158. The van der Waals surface area contributed by atoms with Gasteiger partial charge in [-0.3, -0.25) is 4.79 Å². The minimum atomic E-state index is -3.51. The van der Waals surface area contributed by atoms with Crippen LogP contribution in [0.5, 0.6) is 0 Å². The van der Waals surface area contributed by atoms with Crippen molar-refractivity contribution in [2.45, 2.75) is 18.2 Å². The highest BCUT2D eigenvalue weighted by molar-refractivity contribution is 7.91. The third-order valence-electron chi connectivity index (χ3n) is 3.94. The molecule has 0 fully saturated rings. The quantitative estimate of drug-likeness (QED) is 0.696. The molecule has 0 aliphatic heterocycles. The van der Waals surface area contributed by atoms with Gasteiger partial charge in [0.1, 0.15) is 5.58 Å². The number of carbonyl (C=O) groups excluding carboxylic acids is 1. The number of aryl methyl sites for hydroxylation is 1. The first-order valence-corrected chi connectivity index (χ1v) is 9.62. The molecule has 7 heteroatoms. The highest BCUT2D eigenvalue weighted by Crippen LogP contribution is 2.21. The molecule has 0 bridgehead atoms. The lowest BCUT2D eigenvalue weighted by Crippen LogP contribution is -2.17. The summed E-state index contributed by atoms with van der Waals surface area (Å²) >= 11 is 0. The van der Waals surface area contributed by atoms with Gasteiger partial charge in [-0.1, -0.05) is 18.2 Å². The SMILES string of the molecule is Cc1cc(=O)oc2cc(NC(=O)CCS(=O)(=O)c3ccccc3)ccc12. The number of rotatable bonds is 5. The van der Waals surface area contributed by atoms with Crippen LogP contribution in [0.2, 0.25) is 0 Å². The molecule has 0 radical (unpaired) electrons. The zero-order valence-corrected chi connectivity index (χ0v) is 14.9. The highest BCUT2D eigenvalue weighted by atomic mass is 32.2. The predicted molar refractivity (Wildman–Crippen MR) is 99.0 cm³/mol. The van der Waals surface area contributed by atoms with Gasteiger partial charge in [0.2, 0.25) is 5.91 Å². The van der Waals surface area contributed by atoms with Crippen LogP contribution in [0.4, 0.5) is 5.69 Å². The second-order valence-corrected chi connectivity index (χ2v) is 8.00. The Balaban J connectivity index is 1.70. The van der Waals surface area contributed by atoms with Gasteiger partial charge < -0.3 is 9.73 Å². The van der Waals surface area contributed by atoms with Crippen molar-refractivity contribution in [1.82, 2.24) is 0 Å². The lowest BCUT2D eigenvalue weighted by atomic mass is 10.1. The van der Waals surface area contributed by atoms with E-state index < -0.39 is 21.4 Å². The molecule has 1 aromatic heterocycles. The molecule has 3 aromatic rings. The number of hydrogen-bond acceptors (Lipinski definition) is 5. The predicted octanol–water partition coefficient (Wildman–Crippen LogP) is 2.90. The average Bonchev–Trinajstić information content (AvgIpc) is 2.60. The van der Waals surface area contributed by atoms with Gasteiger partial charge in [-0.05, 0) is 36.8 Å². The number of anilines is 1. The van der Waals surface area contributed by atoms with E-state index in [0.29, 0.717) is 11.3 Å². The molecule has 0 saturated carbocycles. The van der Waals surface area contributed by atoms with E-state index in [2.05, 4.69) is 5.32 Å². The van der Waals surface area contributed by atoms with Crippen LogP contribution < -0.4 is 10.9 Å². The summed E-state index contributed by atoms with van der Waals surface area (Å²) in [4.78, 5) is 23.7. The Hall–Kier alpha value is -2.93. The van der Waals surface area contributed by atoms with E-state index in [1.165, 1.54) is 18.2 Å². The molecule has 1 heterocycles. The summed E-state index contributed by atoms with van der Waals surface area (Å²) in [5.74, 6) is -0.719. The molecule has 0 aliphatic carbocycles. The van der Waals surface area contributed by atoms with Crippen LogP contribution in [0.15, 0.2) is 68.7 Å². The summed E-state index contributed by atoms with van der Waals surface area (Å²) in [7, 11) is -3.51. The zero-order chi connectivity index (χ0) is 18.7. The van der Waals surface area contributed by atoms with E-state index in [0.717, 1.165) is 10.9 Å². The molecule has 26 heavy (non-hydrogen) atoms. The van der Waals surface area contributed by atoms with E-state index in [1.54, 1.807) is 43.3 Å². The van der Waals surface area contributed by atoms with Crippen molar-refractivity contribution in [1.29, 1.82) is 0 Å². The zero-order valence-electron chi connectivity index (χ0n) is 14.1. The smallest absolute Gasteiger partial charge is 0.336 e. The summed E-state index contributed by atoms with van der Waals surface area (Å²) in [6.07, 6.45) is -0.174. The number of nitrogens with one attached hydrogen (secondary N) is 1. The van der Waals surface area contributed by atoms with E-state index >= 15 is 0 Å². The second kappa shape index (κ2) is 7.13. The Morgan fingerprint density at radius 1 is 1.08 bits per heavy atom. The standard InChI is InChI=1S/C19H17NO5S/c1-13-11-19(22)25-17-12-14(7-8-16(13)17)20-18(21)9-10-26(23,24)15-5-3-2-4-6-15/h2-8,11-12H,9-10H2,1H3,(H,20,21). The first-order chi connectivity index (χ1) is 12.3. The van der Waals surface area contributed by atoms with Crippen LogP contribution in [-0.2, 0) is 14.6 Å². The molecule has 0 atom stereocenters. The van der Waals surface area contributed by atoms with Crippen LogP contribution >= 0.6 is 0 Å². The topological polar surface area (TPSA) is 93.4 Å². The Labute approximate surface area is 150 Å². The van der Waals surface area contributed by atoms with Crippen LogP contribution in [0.25, 0.3) is 11.0 Å². The Bertz CT molecular complexity index is 1120. The Morgan fingerprint density at radius 3 is 2.54 bits per heavy atom. The monoisotopic (exact) mass is 371 g/mol. The molecule has 0 unspecified atom stereocenters. The van der Waals surface area contributed by atoms with Gasteiger partial charge in [0, 0.05) is 29.6 Å². The maximum atomic E-state index is 12.2. The largest absolute Gasteiger partial charge is 0.423 e. The number of amides is 1. The lowest BCUT2D eigenvalue weighted by molar-refractivity contribution is -0.115. The molecule has 0 spiro atoms. The molecule has 1 amide bonds. The van der Waals surface area contributed by atoms with Gasteiger partial charge >= 0.3 is 5.63 Å². The van der Waals surface area contributed by atoms with Crippen molar-refractivity contribution in [2.24, 2.45) is 0 Å². The number of benzene rings is 2. The van der Waals surface area contributed by atoms with Crippen molar-refractivity contribution in [3.05, 3.63) is 70.6 Å². The van der Waals surface area contributed by atoms with E-state index in [9.17, 15) is 18.0 Å². The molecule has 0 saturated heterocycles. The summed E-state index contributed by atoms with van der Waals surface area (Å²) in [5.41, 5.74) is 1.12. The van der Waals surface area contributed by atoms with Crippen molar-refractivity contribution in [3.63, 3.8) is 0 Å². The number of sulfone groups is 1. The first kappa shape index (κ1) is 17.9. The normalized spacial score (nSPS) is 11.4. The molecule has 6 nitrogen and oxygen atoms in total. The first-order valence-electron chi connectivity index (χ1n) is 7.97. The average molecular weight is 371 g/mol. The minimum absolute atomic E-state index is 0.174. The summed E-state index contributed by atoms with van der Waals surface area (Å²) in [5, 5.41) is 3.40. The summed E-state index contributed by atoms with van der Waals surface area (Å²) in [6.45, 7) is 1.80. The van der Waals surface area contributed by atoms with Gasteiger partial charge in [-0.2, -0.15) is 0 Å². The summed E-state index contributed by atoms with van der Waals surface area (Å²) < 4.78 is 29.6. The van der Waals surface area contributed by atoms with E-state index in [1.807, 2.05) is 0 Å². The van der Waals surface area contributed by atoms with Crippen LogP contribution in [0, 0.1) is 6.92 Å². The number of carbonyl (C=O) groups is 1. The van der Waals surface area contributed by atoms with Gasteiger partial charge in [0.15, 0.2) is 9.84 Å². The molecule has 3 rings (SSSR count). The Morgan fingerprint density at radius 2 is 1.81 bits per heavy atom. The van der Waals surface area contributed by atoms with Gasteiger partial charge in [0.05, 0.1) is 10.6 Å². The van der Waals surface area contributed by atoms with Crippen molar-refractivity contribution in [3.8, 4) is 0 Å². The van der Waals surface area contributed by atoms with Gasteiger partial charge in [0.25, 0.3) is 0 Å². The molecular weight excluding hydrogens is 354 g/mol. The van der Waals surface area contributed by atoms with E-state index in [-0.39, 0.29) is 17.1 Å². The minimum Gasteiger partial charge on any atom is -0.423 e. The third kappa shape index (κ3) is 4.00. The van der Waals surface area contributed by atoms with Gasteiger partial charge in [-0.15, -0.1) is 0 Å². The maximum Gasteiger partial charge on any atom is 0.336 e. The molecule has 2 aromatic carbocycles. The van der Waals surface area contributed by atoms with Crippen molar-refractivity contribution in [2.75, 3.05) is 11.1 Å². The van der Waals surface area contributed by atoms with Gasteiger partial charge in [-0.25, -0.2) is 13.2 Å². The number of fused-ring (bicyclic) bond motifs is 1. The van der Waals surface area contributed by atoms with Crippen LogP contribution in [0.3, 0.4) is 0 Å². The molecule has 0 aliphatic rings. The maximum absolute atomic E-state index is 12.2. The molecule has 134 valence electrons. The fourth-order valence-electron chi connectivity index (χ4n) is 2.60. The highest BCUT2D eigenvalue weighted by Gasteiger charge is 2.16. The summed E-state index contributed by atoms with van der Waals surface area (Å²) in [6, 6.07) is 14.4.